The van der Waals surface area contributed by atoms with Crippen LogP contribution in [0.5, 0.6) is 0 Å². The molecule has 2 aromatic rings. The molecule has 0 N–H and O–H groups in total. The van der Waals surface area contributed by atoms with Gasteiger partial charge in [-0.15, -0.1) is 0 Å². The number of nitrogens with zero attached hydrogens (tertiary/aromatic N) is 4. The van der Waals surface area contributed by atoms with E-state index in [-0.39, 0.29) is 5.69 Å². The molecule has 0 aliphatic carbocycles. The van der Waals surface area contributed by atoms with Crippen LogP contribution >= 0.6 is 0 Å². The van der Waals surface area contributed by atoms with Crippen LogP contribution in [0.15, 0.2) is 29.1 Å². The Labute approximate surface area is 133 Å². The summed E-state index contributed by atoms with van der Waals surface area (Å²) in [5.74, 6) is 0.465. The molecule has 0 atom stereocenters. The molecule has 122 valence electrons. The highest BCUT2D eigenvalue weighted by Crippen LogP contribution is 2.37. The molecule has 0 amide bonds. The summed E-state index contributed by atoms with van der Waals surface area (Å²) >= 11 is 0. The number of fused-ring (bicyclic) bond motifs is 1. The number of hydrogen-bond donors (Lipinski definition) is 0. The van der Waals surface area contributed by atoms with Gasteiger partial charge in [0.05, 0.1) is 10.4 Å². The molecule has 1 aromatic carbocycles. The van der Waals surface area contributed by atoms with Gasteiger partial charge in [0, 0.05) is 38.0 Å². The number of nitro groups is 1. The van der Waals surface area contributed by atoms with E-state index in [9.17, 15) is 14.9 Å². The SMILES string of the molecule is CN(C)CC1CN(c2c([N+](=O)[O-])c(=O)n(C)c3ccccc23)C1. The number of pyridine rings is 1. The lowest BCUT2D eigenvalue weighted by Gasteiger charge is -2.42. The van der Waals surface area contributed by atoms with Gasteiger partial charge in [-0.3, -0.25) is 14.9 Å². The van der Waals surface area contributed by atoms with Crippen LogP contribution in [0, 0.1) is 16.0 Å². The molecule has 0 saturated carbocycles. The zero-order chi connectivity index (χ0) is 16.7. The number of anilines is 1. The molecule has 23 heavy (non-hydrogen) atoms. The van der Waals surface area contributed by atoms with E-state index in [0.29, 0.717) is 17.1 Å². The molecule has 1 aromatic heterocycles. The van der Waals surface area contributed by atoms with Crippen molar-refractivity contribution in [1.82, 2.24) is 9.47 Å². The fourth-order valence-electron chi connectivity index (χ4n) is 3.33. The number of hydrogen-bond acceptors (Lipinski definition) is 5. The van der Waals surface area contributed by atoms with Crippen molar-refractivity contribution < 1.29 is 4.92 Å². The number of rotatable bonds is 4. The monoisotopic (exact) mass is 316 g/mol. The van der Waals surface area contributed by atoms with E-state index in [1.165, 1.54) is 4.57 Å². The quantitative estimate of drug-likeness (QED) is 0.630. The summed E-state index contributed by atoms with van der Waals surface area (Å²) in [5, 5.41) is 12.3. The molecular formula is C16H20N4O3. The minimum absolute atomic E-state index is 0.325. The first kappa shape index (κ1) is 15.5. The van der Waals surface area contributed by atoms with E-state index in [1.54, 1.807) is 7.05 Å². The zero-order valence-corrected chi connectivity index (χ0v) is 13.5. The summed E-state index contributed by atoms with van der Waals surface area (Å²) in [6, 6.07) is 7.34. The Balaban J connectivity index is 2.12. The largest absolute Gasteiger partial charge is 0.364 e. The Morgan fingerprint density at radius 3 is 2.57 bits per heavy atom. The molecule has 2 heterocycles. The summed E-state index contributed by atoms with van der Waals surface area (Å²) in [7, 11) is 5.60. The van der Waals surface area contributed by atoms with E-state index < -0.39 is 10.5 Å². The molecule has 1 aliphatic heterocycles. The zero-order valence-electron chi connectivity index (χ0n) is 13.5. The molecule has 7 nitrogen and oxygen atoms in total. The summed E-state index contributed by atoms with van der Waals surface area (Å²) in [5.41, 5.74) is 0.298. The number of benzene rings is 1. The van der Waals surface area contributed by atoms with Crippen LogP contribution in [0.1, 0.15) is 0 Å². The molecule has 3 rings (SSSR count). The van der Waals surface area contributed by atoms with E-state index in [4.69, 9.17) is 0 Å². The van der Waals surface area contributed by atoms with Crippen LogP contribution < -0.4 is 10.5 Å². The van der Waals surface area contributed by atoms with Crippen molar-refractivity contribution in [3.63, 3.8) is 0 Å². The van der Waals surface area contributed by atoms with Gasteiger partial charge in [-0.25, -0.2) is 0 Å². The number of para-hydroxylation sites is 1. The molecular weight excluding hydrogens is 296 g/mol. The van der Waals surface area contributed by atoms with E-state index in [1.807, 2.05) is 43.3 Å². The molecule has 0 radical (unpaired) electrons. The van der Waals surface area contributed by atoms with Gasteiger partial charge < -0.3 is 14.4 Å². The maximum atomic E-state index is 12.4. The molecule has 1 saturated heterocycles. The van der Waals surface area contributed by atoms with Gasteiger partial charge in [-0.05, 0) is 20.2 Å². The van der Waals surface area contributed by atoms with E-state index in [2.05, 4.69) is 4.90 Å². The lowest BCUT2D eigenvalue weighted by atomic mass is 9.97. The van der Waals surface area contributed by atoms with Crippen molar-refractivity contribution in [2.24, 2.45) is 13.0 Å². The maximum absolute atomic E-state index is 12.4. The van der Waals surface area contributed by atoms with E-state index >= 15 is 0 Å². The Bertz CT molecular complexity index is 822. The standard InChI is InChI=1S/C16H20N4O3/c1-17(2)8-11-9-19(10-11)14-12-6-4-5-7-13(12)18(3)16(21)15(14)20(22)23/h4-7,11H,8-10H2,1-3H3. The van der Waals surface area contributed by atoms with Gasteiger partial charge >= 0.3 is 11.2 Å². The van der Waals surface area contributed by atoms with Gasteiger partial charge in [0.2, 0.25) is 0 Å². The smallest absolute Gasteiger partial charge is 0.357 e. The predicted octanol–water partition coefficient (Wildman–Crippen LogP) is 1.44. The van der Waals surface area contributed by atoms with Crippen molar-refractivity contribution in [1.29, 1.82) is 0 Å². The van der Waals surface area contributed by atoms with Gasteiger partial charge in [0.25, 0.3) is 0 Å². The first-order valence-corrected chi connectivity index (χ1v) is 7.56. The second-order valence-electron chi connectivity index (χ2n) is 6.37. The van der Waals surface area contributed by atoms with Crippen molar-refractivity contribution in [3.05, 3.63) is 44.7 Å². The van der Waals surface area contributed by atoms with Crippen LogP contribution in [-0.4, -0.2) is 48.1 Å². The lowest BCUT2D eigenvalue weighted by molar-refractivity contribution is -0.385. The average molecular weight is 316 g/mol. The normalized spacial score (nSPS) is 15.2. The molecule has 1 aliphatic rings. The third kappa shape index (κ3) is 2.57. The Kier molecular flexibility index (Phi) is 3.81. The second-order valence-corrected chi connectivity index (χ2v) is 6.37. The Morgan fingerprint density at radius 1 is 1.30 bits per heavy atom. The molecule has 0 unspecified atom stereocenters. The molecule has 0 bridgehead atoms. The lowest BCUT2D eigenvalue weighted by Crippen LogP contribution is -2.51. The highest BCUT2D eigenvalue weighted by Gasteiger charge is 2.35. The highest BCUT2D eigenvalue weighted by atomic mass is 16.6. The highest BCUT2D eigenvalue weighted by molar-refractivity contribution is 5.97. The predicted molar refractivity (Wildman–Crippen MR) is 90.1 cm³/mol. The minimum Gasteiger partial charge on any atom is -0.364 e. The van der Waals surface area contributed by atoms with Gasteiger partial charge in [0.15, 0.2) is 0 Å². The topological polar surface area (TPSA) is 71.6 Å². The first-order chi connectivity index (χ1) is 10.9. The number of aryl methyl sites for hydroxylation is 1. The third-order valence-corrected chi connectivity index (χ3v) is 4.33. The van der Waals surface area contributed by atoms with Crippen LogP contribution in [0.25, 0.3) is 10.9 Å². The first-order valence-electron chi connectivity index (χ1n) is 7.56. The molecule has 0 spiro atoms. The molecule has 1 fully saturated rings. The van der Waals surface area contributed by atoms with Crippen molar-refractivity contribution in [2.45, 2.75) is 0 Å². The van der Waals surface area contributed by atoms with Crippen LogP contribution in [0.3, 0.4) is 0 Å². The van der Waals surface area contributed by atoms with Crippen molar-refractivity contribution in [3.8, 4) is 0 Å². The third-order valence-electron chi connectivity index (χ3n) is 4.33. The van der Waals surface area contributed by atoms with Gasteiger partial charge in [0.1, 0.15) is 5.69 Å². The summed E-state index contributed by atoms with van der Waals surface area (Å²) in [4.78, 5) is 27.4. The minimum atomic E-state index is -0.556. The number of aromatic nitrogens is 1. The summed E-state index contributed by atoms with van der Waals surface area (Å²) in [6.07, 6.45) is 0. The van der Waals surface area contributed by atoms with Crippen LogP contribution in [-0.2, 0) is 7.05 Å². The van der Waals surface area contributed by atoms with Gasteiger partial charge in [-0.2, -0.15) is 0 Å². The second kappa shape index (κ2) is 5.66. The Hall–Kier alpha value is -2.41. The maximum Gasteiger partial charge on any atom is 0.357 e. The summed E-state index contributed by atoms with van der Waals surface area (Å²) < 4.78 is 1.36. The Morgan fingerprint density at radius 2 is 1.96 bits per heavy atom. The average Bonchev–Trinajstić information content (AvgIpc) is 2.46. The van der Waals surface area contributed by atoms with Crippen molar-refractivity contribution in [2.75, 3.05) is 38.6 Å². The van der Waals surface area contributed by atoms with Gasteiger partial charge in [-0.1, -0.05) is 18.2 Å². The van der Waals surface area contributed by atoms with Crippen LogP contribution in [0.2, 0.25) is 0 Å². The molecule has 7 heteroatoms. The summed E-state index contributed by atoms with van der Waals surface area (Å²) in [6.45, 7) is 2.40. The van der Waals surface area contributed by atoms with Crippen LogP contribution in [0.4, 0.5) is 11.4 Å². The van der Waals surface area contributed by atoms with E-state index in [0.717, 1.165) is 25.0 Å². The fraction of sp³-hybridized carbons (Fsp3) is 0.438. The fourth-order valence-corrected chi connectivity index (χ4v) is 3.33. The van der Waals surface area contributed by atoms with Crippen molar-refractivity contribution >= 4 is 22.3 Å².